The quantitative estimate of drug-likeness (QED) is 0.752. The molecule has 0 aromatic carbocycles. The summed E-state index contributed by atoms with van der Waals surface area (Å²) in [6.07, 6.45) is -0.829. The van der Waals surface area contributed by atoms with E-state index in [1.165, 1.54) is 19.3 Å². The zero-order valence-corrected chi connectivity index (χ0v) is 8.94. The predicted molar refractivity (Wildman–Crippen MR) is 52.4 cm³/mol. The fourth-order valence-electron chi connectivity index (χ4n) is 1.03. The molecule has 0 aliphatic carbocycles. The molecule has 0 bridgehead atoms. The molecule has 1 amide bonds. The number of ether oxygens (including phenoxy) is 1. The van der Waals surface area contributed by atoms with Crippen molar-refractivity contribution < 1.29 is 18.7 Å². The van der Waals surface area contributed by atoms with Crippen molar-refractivity contribution in [3.05, 3.63) is 18.0 Å². The minimum absolute atomic E-state index is 0.0365. The van der Waals surface area contributed by atoms with Gasteiger partial charge in [-0.3, -0.25) is 4.79 Å². The molecule has 6 nitrogen and oxygen atoms in total. The Morgan fingerprint density at radius 3 is 2.94 bits per heavy atom. The van der Waals surface area contributed by atoms with Crippen LogP contribution in [0, 0.1) is 0 Å². The van der Waals surface area contributed by atoms with Crippen LogP contribution < -0.4 is 5.32 Å². The smallest absolute Gasteiger partial charge is 0.363 e. The molecule has 88 valence electrons. The lowest BCUT2D eigenvalue weighted by Crippen LogP contribution is -2.21. The Morgan fingerprint density at radius 2 is 2.38 bits per heavy atom. The van der Waals surface area contributed by atoms with E-state index in [1.54, 1.807) is 6.92 Å². The summed E-state index contributed by atoms with van der Waals surface area (Å²) in [5, 5.41) is 5.95. The molecule has 16 heavy (non-hydrogen) atoms. The van der Waals surface area contributed by atoms with E-state index in [2.05, 4.69) is 15.2 Å². The Kier molecular flexibility index (Phi) is 3.98. The average molecular weight is 229 g/mol. The van der Waals surface area contributed by atoms with Crippen molar-refractivity contribution in [3.8, 4) is 0 Å². The van der Waals surface area contributed by atoms with Crippen LogP contribution in [0.4, 0.5) is 4.39 Å². The van der Waals surface area contributed by atoms with E-state index in [9.17, 15) is 14.0 Å². The fourth-order valence-corrected chi connectivity index (χ4v) is 1.03. The lowest BCUT2D eigenvalue weighted by atomic mass is 10.4. The van der Waals surface area contributed by atoms with Crippen LogP contribution in [-0.2, 0) is 9.53 Å². The number of amides is 1. The average Bonchev–Trinajstić information content (AvgIpc) is 2.76. The summed E-state index contributed by atoms with van der Waals surface area (Å²) in [4.78, 5) is 22.2. The highest BCUT2D eigenvalue weighted by Gasteiger charge is 2.22. The minimum Gasteiger partial charge on any atom is -0.462 e. The standard InChI is InChI=1S/C9H12FN3O3/c1-3-16-9(15)7(10)13-5-4-6(12-13)8(14)11-2/h4-5,7H,3H2,1-2H3,(H,11,14). The van der Waals surface area contributed by atoms with E-state index in [-0.39, 0.29) is 12.3 Å². The van der Waals surface area contributed by atoms with Crippen LogP contribution in [0.2, 0.25) is 0 Å². The Bertz CT molecular complexity index is 391. The molecule has 0 saturated carbocycles. The van der Waals surface area contributed by atoms with Gasteiger partial charge in [0.05, 0.1) is 6.61 Å². The predicted octanol–water partition coefficient (Wildman–Crippen LogP) is 0.274. The first-order valence-electron chi connectivity index (χ1n) is 4.68. The van der Waals surface area contributed by atoms with Gasteiger partial charge in [0.25, 0.3) is 12.2 Å². The first-order chi connectivity index (χ1) is 7.60. The number of carbonyl (C=O) groups excluding carboxylic acids is 2. The lowest BCUT2D eigenvalue weighted by Gasteiger charge is -2.06. The van der Waals surface area contributed by atoms with Gasteiger partial charge in [0, 0.05) is 13.2 Å². The molecule has 1 unspecified atom stereocenters. The molecular formula is C9H12FN3O3. The highest BCUT2D eigenvalue weighted by atomic mass is 19.1. The second-order valence-electron chi connectivity index (χ2n) is 2.85. The molecule has 1 heterocycles. The van der Waals surface area contributed by atoms with Gasteiger partial charge < -0.3 is 10.1 Å². The molecular weight excluding hydrogens is 217 g/mol. The van der Waals surface area contributed by atoms with E-state index >= 15 is 0 Å². The van der Waals surface area contributed by atoms with Gasteiger partial charge in [-0.05, 0) is 13.0 Å². The van der Waals surface area contributed by atoms with Crippen LogP contribution in [-0.4, -0.2) is 35.3 Å². The van der Waals surface area contributed by atoms with Crippen molar-refractivity contribution in [1.82, 2.24) is 15.1 Å². The molecule has 1 atom stereocenters. The molecule has 1 N–H and O–H groups in total. The summed E-state index contributed by atoms with van der Waals surface area (Å²) in [6, 6.07) is 1.31. The molecule has 1 rings (SSSR count). The lowest BCUT2D eigenvalue weighted by molar-refractivity contribution is -0.153. The number of carbonyl (C=O) groups is 2. The maximum atomic E-state index is 13.4. The number of alkyl halides is 1. The number of nitrogens with zero attached hydrogens (tertiary/aromatic N) is 2. The minimum atomic E-state index is -2.03. The topological polar surface area (TPSA) is 73.2 Å². The van der Waals surface area contributed by atoms with Gasteiger partial charge in [0.1, 0.15) is 5.69 Å². The molecule has 0 saturated heterocycles. The van der Waals surface area contributed by atoms with Crippen LogP contribution in [0.15, 0.2) is 12.3 Å². The van der Waals surface area contributed by atoms with Crippen molar-refractivity contribution in [2.75, 3.05) is 13.7 Å². The third kappa shape index (κ3) is 2.56. The van der Waals surface area contributed by atoms with E-state index in [0.29, 0.717) is 0 Å². The van der Waals surface area contributed by atoms with E-state index < -0.39 is 18.2 Å². The maximum Gasteiger partial charge on any atom is 0.363 e. The third-order valence-corrected chi connectivity index (χ3v) is 1.78. The zero-order chi connectivity index (χ0) is 12.1. The summed E-state index contributed by atoms with van der Waals surface area (Å²) < 4.78 is 18.6. The highest BCUT2D eigenvalue weighted by Crippen LogP contribution is 2.10. The van der Waals surface area contributed by atoms with E-state index in [0.717, 1.165) is 4.68 Å². The molecule has 7 heteroatoms. The Balaban J connectivity index is 2.77. The maximum absolute atomic E-state index is 13.4. The fraction of sp³-hybridized carbons (Fsp3) is 0.444. The monoisotopic (exact) mass is 229 g/mol. The zero-order valence-electron chi connectivity index (χ0n) is 8.94. The number of halogens is 1. The van der Waals surface area contributed by atoms with Gasteiger partial charge in [-0.25, -0.2) is 13.9 Å². The highest BCUT2D eigenvalue weighted by molar-refractivity contribution is 5.91. The Labute approximate surface area is 91.4 Å². The van der Waals surface area contributed by atoms with Crippen molar-refractivity contribution in [2.45, 2.75) is 13.2 Å². The summed E-state index contributed by atoms with van der Waals surface area (Å²) in [6.45, 7) is 1.66. The van der Waals surface area contributed by atoms with Crippen LogP contribution in [0.5, 0.6) is 0 Å². The van der Waals surface area contributed by atoms with Gasteiger partial charge in [0.2, 0.25) is 0 Å². The number of hydrogen-bond acceptors (Lipinski definition) is 4. The first-order valence-corrected chi connectivity index (χ1v) is 4.68. The molecule has 0 aliphatic heterocycles. The van der Waals surface area contributed by atoms with Crippen LogP contribution >= 0.6 is 0 Å². The van der Waals surface area contributed by atoms with Crippen LogP contribution in [0.3, 0.4) is 0 Å². The molecule has 0 spiro atoms. The summed E-state index contributed by atoms with van der Waals surface area (Å²) in [5.41, 5.74) is 0.0365. The Hall–Kier alpha value is -1.92. The summed E-state index contributed by atoms with van der Waals surface area (Å²) in [5.74, 6) is -1.48. The second kappa shape index (κ2) is 5.24. The van der Waals surface area contributed by atoms with Crippen molar-refractivity contribution in [1.29, 1.82) is 0 Å². The van der Waals surface area contributed by atoms with Crippen LogP contribution in [0.1, 0.15) is 23.7 Å². The first kappa shape index (κ1) is 12.2. The van der Waals surface area contributed by atoms with Gasteiger partial charge in [-0.1, -0.05) is 0 Å². The summed E-state index contributed by atoms with van der Waals surface area (Å²) >= 11 is 0. The number of hydrogen-bond donors (Lipinski definition) is 1. The SMILES string of the molecule is CCOC(=O)C(F)n1ccc(C(=O)NC)n1. The summed E-state index contributed by atoms with van der Waals surface area (Å²) in [7, 11) is 1.43. The van der Waals surface area contributed by atoms with Gasteiger partial charge in [0.15, 0.2) is 0 Å². The van der Waals surface area contributed by atoms with Crippen LogP contribution in [0.25, 0.3) is 0 Å². The largest absolute Gasteiger partial charge is 0.462 e. The molecule has 1 aromatic rings. The molecule has 0 radical (unpaired) electrons. The van der Waals surface area contributed by atoms with Crippen molar-refractivity contribution in [3.63, 3.8) is 0 Å². The number of nitrogens with one attached hydrogen (secondary N) is 1. The molecule has 0 aliphatic rings. The number of aromatic nitrogens is 2. The number of rotatable bonds is 4. The van der Waals surface area contributed by atoms with Gasteiger partial charge in [-0.15, -0.1) is 0 Å². The number of esters is 1. The second-order valence-corrected chi connectivity index (χ2v) is 2.85. The third-order valence-electron chi connectivity index (χ3n) is 1.78. The van der Waals surface area contributed by atoms with Gasteiger partial charge >= 0.3 is 5.97 Å². The normalized spacial score (nSPS) is 11.9. The van der Waals surface area contributed by atoms with E-state index in [4.69, 9.17) is 0 Å². The van der Waals surface area contributed by atoms with E-state index in [1.807, 2.05) is 0 Å². The van der Waals surface area contributed by atoms with Crippen molar-refractivity contribution in [2.24, 2.45) is 0 Å². The van der Waals surface area contributed by atoms with Crippen molar-refractivity contribution >= 4 is 11.9 Å². The molecule has 0 fully saturated rings. The molecule has 1 aromatic heterocycles. The Morgan fingerprint density at radius 1 is 1.69 bits per heavy atom. The van der Waals surface area contributed by atoms with Gasteiger partial charge in [-0.2, -0.15) is 5.10 Å².